The van der Waals surface area contributed by atoms with Gasteiger partial charge in [-0.3, -0.25) is 4.90 Å². The van der Waals surface area contributed by atoms with Crippen LogP contribution in [-0.2, 0) is 14.9 Å². The molecule has 4 heteroatoms. The van der Waals surface area contributed by atoms with E-state index in [9.17, 15) is 4.79 Å². The van der Waals surface area contributed by atoms with Crippen molar-refractivity contribution in [2.45, 2.75) is 18.4 Å². The van der Waals surface area contributed by atoms with E-state index in [2.05, 4.69) is 4.90 Å². The molecule has 0 aromatic heterocycles. The molecule has 19 heavy (non-hydrogen) atoms. The van der Waals surface area contributed by atoms with Crippen molar-refractivity contribution in [1.29, 1.82) is 0 Å². The van der Waals surface area contributed by atoms with Gasteiger partial charge in [-0.15, -0.1) is 0 Å². The van der Waals surface area contributed by atoms with Gasteiger partial charge in [-0.2, -0.15) is 0 Å². The fourth-order valence-corrected chi connectivity index (χ4v) is 2.51. The maximum atomic E-state index is 11.5. The molecule has 1 N–H and O–H groups in total. The van der Waals surface area contributed by atoms with E-state index in [1.54, 1.807) is 0 Å². The molecule has 1 aromatic rings. The number of morpholine rings is 1. The lowest BCUT2D eigenvalue weighted by molar-refractivity contribution is -0.114. The van der Waals surface area contributed by atoms with Crippen molar-refractivity contribution in [3.05, 3.63) is 35.9 Å². The average Bonchev–Trinajstić information content (AvgIpc) is 2.48. The van der Waals surface area contributed by atoms with Crippen LogP contribution < -0.4 is 0 Å². The first kappa shape index (κ1) is 14.2. The first-order chi connectivity index (χ1) is 9.18. The molecule has 0 radical (unpaired) electrons. The second-order valence-corrected chi connectivity index (χ2v) is 5.31. The van der Waals surface area contributed by atoms with Gasteiger partial charge in [0.25, 0.3) is 0 Å². The molecule has 0 amide bonds. The number of nitrogens with zero attached hydrogens (tertiary/aromatic N) is 1. The summed E-state index contributed by atoms with van der Waals surface area (Å²) in [5.74, 6) is 0. The summed E-state index contributed by atoms with van der Waals surface area (Å²) in [5, 5.41) is 9.16. The molecular weight excluding hydrogens is 242 g/mol. The summed E-state index contributed by atoms with van der Waals surface area (Å²) in [5.41, 5.74) is 0.510. The van der Waals surface area contributed by atoms with E-state index in [-0.39, 0.29) is 12.7 Å². The number of aliphatic hydroxyl groups is 1. The highest BCUT2D eigenvalue weighted by Crippen LogP contribution is 2.23. The Kier molecular flexibility index (Phi) is 4.69. The highest BCUT2D eigenvalue weighted by atomic mass is 16.5. The minimum atomic E-state index is -0.515. The van der Waals surface area contributed by atoms with E-state index in [0.717, 1.165) is 18.4 Å². The van der Waals surface area contributed by atoms with Gasteiger partial charge in [0.15, 0.2) is 0 Å². The Balaban J connectivity index is 2.08. The monoisotopic (exact) mass is 263 g/mol. The van der Waals surface area contributed by atoms with Crippen LogP contribution in [0.15, 0.2) is 30.3 Å². The third-order valence-corrected chi connectivity index (χ3v) is 3.67. The quantitative estimate of drug-likeness (QED) is 0.800. The zero-order valence-corrected chi connectivity index (χ0v) is 11.3. The summed E-state index contributed by atoms with van der Waals surface area (Å²) in [7, 11) is 0. The van der Waals surface area contributed by atoms with Gasteiger partial charge in [-0.25, -0.2) is 0 Å². The number of hydrogen-bond donors (Lipinski definition) is 1. The lowest BCUT2D eigenvalue weighted by atomic mass is 9.83. The van der Waals surface area contributed by atoms with Crippen molar-refractivity contribution in [3.63, 3.8) is 0 Å². The molecule has 1 saturated heterocycles. The summed E-state index contributed by atoms with van der Waals surface area (Å²) < 4.78 is 5.43. The number of aldehydes is 1. The van der Waals surface area contributed by atoms with Crippen LogP contribution in [0.2, 0.25) is 0 Å². The van der Waals surface area contributed by atoms with E-state index in [1.807, 2.05) is 37.3 Å². The van der Waals surface area contributed by atoms with Crippen molar-refractivity contribution < 1.29 is 14.6 Å². The fraction of sp³-hybridized carbons (Fsp3) is 0.533. The summed E-state index contributed by atoms with van der Waals surface area (Å²) in [6.45, 7) is 4.72. The highest BCUT2D eigenvalue weighted by molar-refractivity contribution is 5.68. The Hall–Kier alpha value is -1.23. The van der Waals surface area contributed by atoms with Gasteiger partial charge in [0.2, 0.25) is 0 Å². The maximum Gasteiger partial charge on any atom is 0.131 e. The SMILES string of the molecule is CC(C=O)(CN1CCOC(CO)C1)c1ccccc1. The number of hydrogen-bond acceptors (Lipinski definition) is 4. The van der Waals surface area contributed by atoms with E-state index in [0.29, 0.717) is 19.7 Å². The molecule has 104 valence electrons. The van der Waals surface area contributed by atoms with Gasteiger partial charge in [0.1, 0.15) is 6.29 Å². The predicted octanol–water partition coefficient (Wildman–Crippen LogP) is 0.836. The second-order valence-electron chi connectivity index (χ2n) is 5.31. The van der Waals surface area contributed by atoms with Gasteiger partial charge in [0.05, 0.1) is 24.7 Å². The number of rotatable bonds is 5. The standard InChI is InChI=1S/C15H21NO3/c1-15(12-18,13-5-3-2-4-6-13)11-16-7-8-19-14(9-16)10-17/h2-6,12,14,17H,7-11H2,1H3. The Bertz CT molecular complexity index is 409. The van der Waals surface area contributed by atoms with Crippen LogP contribution in [0, 0.1) is 0 Å². The zero-order valence-electron chi connectivity index (χ0n) is 11.3. The smallest absolute Gasteiger partial charge is 0.131 e. The maximum absolute atomic E-state index is 11.5. The minimum absolute atomic E-state index is 0.0274. The van der Waals surface area contributed by atoms with Gasteiger partial charge >= 0.3 is 0 Å². The fourth-order valence-electron chi connectivity index (χ4n) is 2.51. The second kappa shape index (κ2) is 6.28. The third kappa shape index (κ3) is 3.41. The lowest BCUT2D eigenvalue weighted by Gasteiger charge is -2.37. The molecule has 0 bridgehead atoms. The van der Waals surface area contributed by atoms with E-state index >= 15 is 0 Å². The molecule has 0 saturated carbocycles. The first-order valence-electron chi connectivity index (χ1n) is 6.64. The predicted molar refractivity (Wildman–Crippen MR) is 73.1 cm³/mol. The molecule has 0 aliphatic carbocycles. The van der Waals surface area contributed by atoms with Gasteiger partial charge in [-0.1, -0.05) is 30.3 Å². The number of aliphatic hydroxyl groups excluding tert-OH is 1. The summed E-state index contributed by atoms with van der Waals surface area (Å²) in [6, 6.07) is 9.82. The largest absolute Gasteiger partial charge is 0.394 e. The molecule has 4 nitrogen and oxygen atoms in total. The van der Waals surface area contributed by atoms with Gasteiger partial charge < -0.3 is 14.6 Å². The van der Waals surface area contributed by atoms with E-state index in [4.69, 9.17) is 9.84 Å². The molecule has 2 unspecified atom stereocenters. The van der Waals surface area contributed by atoms with Crippen LogP contribution in [0.25, 0.3) is 0 Å². The number of benzene rings is 1. The minimum Gasteiger partial charge on any atom is -0.394 e. The summed E-state index contributed by atoms with van der Waals surface area (Å²) >= 11 is 0. The van der Waals surface area contributed by atoms with Crippen LogP contribution >= 0.6 is 0 Å². The molecule has 1 heterocycles. The Morgan fingerprint density at radius 3 is 2.84 bits per heavy atom. The first-order valence-corrected chi connectivity index (χ1v) is 6.64. The number of carbonyl (C=O) groups excluding carboxylic acids is 1. The van der Waals surface area contributed by atoms with E-state index < -0.39 is 5.41 Å². The Morgan fingerprint density at radius 2 is 2.21 bits per heavy atom. The van der Waals surface area contributed by atoms with Crippen molar-refractivity contribution in [1.82, 2.24) is 4.90 Å². The van der Waals surface area contributed by atoms with Gasteiger partial charge in [0, 0.05) is 19.6 Å². The van der Waals surface area contributed by atoms with Crippen LogP contribution in [0.5, 0.6) is 0 Å². The zero-order chi connectivity index (χ0) is 13.7. The van der Waals surface area contributed by atoms with Crippen LogP contribution in [0.4, 0.5) is 0 Å². The topological polar surface area (TPSA) is 49.8 Å². The highest BCUT2D eigenvalue weighted by Gasteiger charge is 2.31. The van der Waals surface area contributed by atoms with Crippen molar-refractivity contribution >= 4 is 6.29 Å². The Morgan fingerprint density at radius 1 is 1.47 bits per heavy atom. The third-order valence-electron chi connectivity index (χ3n) is 3.67. The Labute approximate surface area is 114 Å². The van der Waals surface area contributed by atoms with E-state index in [1.165, 1.54) is 0 Å². The number of ether oxygens (including phenoxy) is 1. The normalized spacial score (nSPS) is 23.8. The van der Waals surface area contributed by atoms with Crippen molar-refractivity contribution in [2.24, 2.45) is 0 Å². The lowest BCUT2D eigenvalue weighted by Crippen LogP contribution is -2.49. The van der Waals surface area contributed by atoms with Crippen LogP contribution in [-0.4, -0.2) is 55.2 Å². The molecule has 0 spiro atoms. The number of carbonyl (C=O) groups is 1. The summed E-state index contributed by atoms with van der Waals surface area (Å²) in [4.78, 5) is 13.7. The molecule has 1 aliphatic rings. The average molecular weight is 263 g/mol. The molecule has 1 fully saturated rings. The van der Waals surface area contributed by atoms with Crippen LogP contribution in [0.1, 0.15) is 12.5 Å². The molecule has 2 rings (SSSR count). The molecule has 1 aromatic carbocycles. The molecule has 1 aliphatic heterocycles. The molecular formula is C15H21NO3. The van der Waals surface area contributed by atoms with Crippen molar-refractivity contribution in [3.8, 4) is 0 Å². The molecule has 2 atom stereocenters. The van der Waals surface area contributed by atoms with Gasteiger partial charge in [-0.05, 0) is 12.5 Å². The van der Waals surface area contributed by atoms with Crippen LogP contribution in [0.3, 0.4) is 0 Å². The summed E-state index contributed by atoms with van der Waals surface area (Å²) in [6.07, 6.45) is 0.881. The van der Waals surface area contributed by atoms with Crippen molar-refractivity contribution in [2.75, 3.05) is 32.8 Å².